The van der Waals surface area contributed by atoms with Crippen LogP contribution in [0.4, 0.5) is 14.6 Å². The van der Waals surface area contributed by atoms with E-state index in [1.165, 1.54) is 17.0 Å². The van der Waals surface area contributed by atoms with Gasteiger partial charge in [-0.3, -0.25) is 14.2 Å². The predicted octanol–water partition coefficient (Wildman–Crippen LogP) is 4.65. The van der Waals surface area contributed by atoms with Crippen molar-refractivity contribution in [3.8, 4) is 0 Å². The van der Waals surface area contributed by atoms with Crippen molar-refractivity contribution in [3.63, 3.8) is 0 Å². The number of H-pyrrole nitrogens is 1. The number of pyridine rings is 1. The van der Waals surface area contributed by atoms with E-state index >= 15 is 0 Å². The van der Waals surface area contributed by atoms with Gasteiger partial charge in [-0.05, 0) is 55.5 Å². The Bertz CT molecular complexity index is 1500. The smallest absolute Gasteiger partial charge is 0.264 e. The van der Waals surface area contributed by atoms with Crippen molar-refractivity contribution in [1.82, 2.24) is 24.4 Å². The predicted molar refractivity (Wildman–Crippen MR) is 134 cm³/mol. The molecule has 2 N–H and O–H groups in total. The third-order valence-electron chi connectivity index (χ3n) is 7.22. The topological polar surface area (TPSA) is 95.9 Å². The molecule has 10 heteroatoms. The van der Waals surface area contributed by atoms with E-state index in [2.05, 4.69) is 20.3 Å². The van der Waals surface area contributed by atoms with Gasteiger partial charge in [-0.15, -0.1) is 0 Å². The lowest BCUT2D eigenvalue weighted by atomic mass is 9.89. The minimum absolute atomic E-state index is 0.0217. The lowest BCUT2D eigenvalue weighted by Gasteiger charge is -2.31. The maximum absolute atomic E-state index is 13.7. The van der Waals surface area contributed by atoms with Gasteiger partial charge in [0.2, 0.25) is 5.91 Å². The van der Waals surface area contributed by atoms with Gasteiger partial charge in [0.15, 0.2) is 0 Å². The van der Waals surface area contributed by atoms with Gasteiger partial charge in [0.1, 0.15) is 17.8 Å². The second-order valence-corrected chi connectivity index (χ2v) is 9.42. The average molecular weight is 495 g/mol. The number of hydrogen-bond acceptors (Lipinski definition) is 5. The Morgan fingerprint density at radius 1 is 1.17 bits per heavy atom. The molecule has 1 amide bonds. The number of halogens is 2. The van der Waals surface area contributed by atoms with Crippen molar-refractivity contribution in [2.24, 2.45) is 7.05 Å². The third-order valence-corrected chi connectivity index (χ3v) is 7.22. The number of hydrogen-bond donors (Lipinski definition) is 2. The summed E-state index contributed by atoms with van der Waals surface area (Å²) in [5.74, 6) is 0.593. The number of aromatic amines is 1. The van der Waals surface area contributed by atoms with Crippen molar-refractivity contribution in [2.45, 2.75) is 45.1 Å². The molecule has 1 aliphatic heterocycles. The number of nitrogens with one attached hydrogen (secondary N) is 2. The van der Waals surface area contributed by atoms with Crippen molar-refractivity contribution in [3.05, 3.63) is 63.8 Å². The molecule has 1 atom stereocenters. The molecule has 0 saturated carbocycles. The van der Waals surface area contributed by atoms with Gasteiger partial charge in [-0.1, -0.05) is 0 Å². The number of nitrogens with zero attached hydrogens (tertiary/aromatic N) is 4. The van der Waals surface area contributed by atoms with Crippen LogP contribution in [0.3, 0.4) is 0 Å². The van der Waals surface area contributed by atoms with Gasteiger partial charge < -0.3 is 15.2 Å². The Balaban J connectivity index is 1.51. The van der Waals surface area contributed by atoms with Crippen LogP contribution in [0.1, 0.15) is 61.8 Å². The number of amides is 1. The Hall–Kier alpha value is -3.82. The molecule has 1 fully saturated rings. The molecular weight excluding hydrogens is 466 g/mol. The first kappa shape index (κ1) is 23.9. The number of piperidine rings is 1. The van der Waals surface area contributed by atoms with Crippen molar-refractivity contribution < 1.29 is 13.6 Å². The average Bonchev–Trinajstić information content (AvgIpc) is 3.34. The van der Waals surface area contributed by atoms with Gasteiger partial charge in [-0.2, -0.15) is 0 Å². The van der Waals surface area contributed by atoms with Gasteiger partial charge in [0, 0.05) is 55.3 Å². The molecule has 4 aromatic rings. The summed E-state index contributed by atoms with van der Waals surface area (Å²) in [7, 11) is 1.69. The highest BCUT2D eigenvalue weighted by Gasteiger charge is 2.26. The summed E-state index contributed by atoms with van der Waals surface area (Å²) in [6.45, 7) is 4.67. The van der Waals surface area contributed by atoms with Gasteiger partial charge in [0.05, 0.1) is 11.4 Å². The Labute approximate surface area is 206 Å². The molecule has 1 unspecified atom stereocenters. The normalized spacial score (nSPS) is 15.7. The minimum Gasteiger partial charge on any atom is -0.363 e. The van der Waals surface area contributed by atoms with E-state index in [9.17, 15) is 18.4 Å². The number of carbonyl (C=O) groups excluding carboxylic acids is 1. The van der Waals surface area contributed by atoms with E-state index in [1.807, 2.05) is 19.1 Å². The molecule has 0 radical (unpaired) electrons. The summed E-state index contributed by atoms with van der Waals surface area (Å²) in [5, 5.41) is 4.53. The van der Waals surface area contributed by atoms with Crippen molar-refractivity contribution in [2.75, 3.05) is 18.4 Å². The van der Waals surface area contributed by atoms with E-state index < -0.39 is 6.43 Å². The van der Waals surface area contributed by atoms with E-state index in [1.54, 1.807) is 31.1 Å². The fourth-order valence-corrected chi connectivity index (χ4v) is 5.14. The highest BCUT2D eigenvalue weighted by Crippen LogP contribution is 2.33. The quantitative estimate of drug-likeness (QED) is 0.421. The molecule has 1 aromatic carbocycles. The zero-order valence-electron chi connectivity index (χ0n) is 20.4. The highest BCUT2D eigenvalue weighted by atomic mass is 19.3. The molecule has 0 aliphatic carbocycles. The summed E-state index contributed by atoms with van der Waals surface area (Å²) < 4.78 is 29.0. The molecular formula is C26H28F2N6O2. The first-order valence-corrected chi connectivity index (χ1v) is 12.0. The third kappa shape index (κ3) is 4.20. The highest BCUT2D eigenvalue weighted by molar-refractivity contribution is 5.88. The van der Waals surface area contributed by atoms with Gasteiger partial charge >= 0.3 is 0 Å². The second kappa shape index (κ2) is 9.33. The lowest BCUT2D eigenvalue weighted by molar-refractivity contribution is -0.129. The Morgan fingerprint density at radius 2 is 1.92 bits per heavy atom. The van der Waals surface area contributed by atoms with E-state index in [-0.39, 0.29) is 29.0 Å². The minimum atomic E-state index is -2.60. The van der Waals surface area contributed by atoms with Crippen LogP contribution in [0, 0.1) is 0 Å². The van der Waals surface area contributed by atoms with Crippen LogP contribution in [0.2, 0.25) is 0 Å². The summed E-state index contributed by atoms with van der Waals surface area (Å²) in [6.07, 6.45) is 1.86. The number of aromatic nitrogens is 4. The maximum atomic E-state index is 13.7. The van der Waals surface area contributed by atoms with Crippen LogP contribution < -0.4 is 10.9 Å². The molecule has 188 valence electrons. The molecule has 3 aromatic heterocycles. The molecule has 8 nitrogen and oxygen atoms in total. The number of anilines is 1. The van der Waals surface area contributed by atoms with Crippen LogP contribution in [-0.2, 0) is 11.8 Å². The number of carbonyl (C=O) groups is 1. The summed E-state index contributed by atoms with van der Waals surface area (Å²) in [4.78, 5) is 38.5. The van der Waals surface area contributed by atoms with E-state index in [0.29, 0.717) is 64.8 Å². The second-order valence-electron chi connectivity index (χ2n) is 9.42. The van der Waals surface area contributed by atoms with Crippen LogP contribution in [-0.4, -0.2) is 43.4 Å². The summed E-state index contributed by atoms with van der Waals surface area (Å²) in [5.41, 5.74) is 2.36. The number of aryl methyl sites for hydroxylation is 1. The summed E-state index contributed by atoms with van der Waals surface area (Å²) in [6, 6.07) is 6.53. The molecule has 5 rings (SSSR count). The SMILES string of the molecule is CC(=O)N1CCC(c2cc3c(NC(C)c4cc(C(F)F)c5cc[nH]c5c4)ncnc3n(C)c2=O)CC1. The number of rotatable bonds is 5. The maximum Gasteiger partial charge on any atom is 0.264 e. The largest absolute Gasteiger partial charge is 0.363 e. The molecule has 1 aliphatic rings. The van der Waals surface area contributed by atoms with Gasteiger partial charge in [0.25, 0.3) is 12.0 Å². The van der Waals surface area contributed by atoms with Crippen LogP contribution in [0.25, 0.3) is 21.9 Å². The summed E-state index contributed by atoms with van der Waals surface area (Å²) >= 11 is 0. The first-order chi connectivity index (χ1) is 17.2. The van der Waals surface area contributed by atoms with Crippen LogP contribution in [0.5, 0.6) is 0 Å². The molecule has 0 bridgehead atoms. The molecule has 1 saturated heterocycles. The van der Waals surface area contributed by atoms with Crippen LogP contribution >= 0.6 is 0 Å². The lowest BCUT2D eigenvalue weighted by Crippen LogP contribution is -2.38. The Morgan fingerprint density at radius 3 is 2.61 bits per heavy atom. The van der Waals surface area contributed by atoms with Crippen molar-refractivity contribution >= 4 is 33.7 Å². The number of fused-ring (bicyclic) bond motifs is 2. The molecule has 4 heterocycles. The number of alkyl halides is 2. The Kier molecular flexibility index (Phi) is 6.19. The fourth-order valence-electron chi connectivity index (χ4n) is 5.14. The zero-order chi connectivity index (χ0) is 25.6. The first-order valence-electron chi connectivity index (χ1n) is 12.0. The number of likely N-dealkylation sites (tertiary alicyclic amines) is 1. The monoisotopic (exact) mass is 494 g/mol. The number of benzene rings is 1. The fraction of sp³-hybridized carbons (Fsp3) is 0.385. The van der Waals surface area contributed by atoms with E-state index in [4.69, 9.17) is 0 Å². The standard InChI is InChI=1S/C26H28F2N6O2/c1-14(17-10-20(23(27)28)18-4-7-29-22(18)11-17)32-24-21-12-19(16-5-8-34(9-6-16)15(2)35)26(36)33(3)25(21)31-13-30-24/h4,7,10-14,16,23,29H,5-6,8-9H2,1-3H3,(H,30,31,32). The van der Waals surface area contributed by atoms with Gasteiger partial charge in [-0.25, -0.2) is 18.7 Å². The zero-order valence-corrected chi connectivity index (χ0v) is 20.4. The molecule has 0 spiro atoms. The van der Waals surface area contributed by atoms with Crippen molar-refractivity contribution in [1.29, 1.82) is 0 Å². The van der Waals surface area contributed by atoms with Crippen LogP contribution in [0.15, 0.2) is 41.6 Å². The molecule has 36 heavy (non-hydrogen) atoms. The van der Waals surface area contributed by atoms with E-state index in [0.717, 1.165) is 0 Å².